The number of hydrogen-bond acceptors (Lipinski definition) is 2. The van der Waals surface area contributed by atoms with Gasteiger partial charge in [0.1, 0.15) is 11.6 Å². The molecule has 35 heavy (non-hydrogen) atoms. The highest BCUT2D eigenvalue weighted by molar-refractivity contribution is 6.11. The van der Waals surface area contributed by atoms with E-state index in [2.05, 4.69) is 52.4 Å². The Kier molecular flexibility index (Phi) is 5.91. The number of fused-ring (bicyclic) bond motifs is 2. The minimum absolute atomic E-state index is 0.0690. The van der Waals surface area contributed by atoms with Crippen LogP contribution in [0.3, 0.4) is 0 Å². The maximum Gasteiger partial charge on any atom is 0.266 e. The van der Waals surface area contributed by atoms with Gasteiger partial charge < -0.3 is 9.88 Å². The second-order valence-electron chi connectivity index (χ2n) is 8.85. The van der Waals surface area contributed by atoms with Crippen LogP contribution in [-0.4, -0.2) is 10.5 Å². The Balaban J connectivity index is 1.49. The standard InChI is InChI=1S/C31H25N3O/c1-21-11-12-22(2)29(15-21)33-31(35)26(18-32)17-27-20-34(30-10-6-5-9-28(27)30)19-23-13-14-24-7-3-4-8-25(24)16-23/h3-17,20H,19H2,1-2H3,(H,33,35)/b26-17+. The summed E-state index contributed by atoms with van der Waals surface area (Å²) < 4.78 is 2.17. The van der Waals surface area contributed by atoms with E-state index in [4.69, 9.17) is 0 Å². The Morgan fingerprint density at radius 1 is 0.943 bits per heavy atom. The number of amides is 1. The van der Waals surface area contributed by atoms with Crippen LogP contribution in [0.4, 0.5) is 5.69 Å². The summed E-state index contributed by atoms with van der Waals surface area (Å²) in [7, 11) is 0. The smallest absolute Gasteiger partial charge is 0.266 e. The highest BCUT2D eigenvalue weighted by Gasteiger charge is 2.14. The van der Waals surface area contributed by atoms with E-state index in [1.54, 1.807) is 6.08 Å². The summed E-state index contributed by atoms with van der Waals surface area (Å²) in [4.78, 5) is 13.0. The Bertz CT molecular complexity index is 1650. The molecule has 4 aromatic carbocycles. The van der Waals surface area contributed by atoms with Gasteiger partial charge in [-0.15, -0.1) is 0 Å². The third kappa shape index (κ3) is 4.58. The molecule has 0 spiro atoms. The van der Waals surface area contributed by atoms with Crippen LogP contribution >= 0.6 is 0 Å². The number of anilines is 1. The monoisotopic (exact) mass is 455 g/mol. The molecule has 4 nitrogen and oxygen atoms in total. The molecule has 0 saturated heterocycles. The Morgan fingerprint density at radius 2 is 1.71 bits per heavy atom. The number of benzene rings is 4. The van der Waals surface area contributed by atoms with Crippen LogP contribution < -0.4 is 5.32 Å². The fourth-order valence-electron chi connectivity index (χ4n) is 4.42. The number of carbonyl (C=O) groups is 1. The number of aromatic nitrogens is 1. The normalized spacial score (nSPS) is 11.5. The number of hydrogen-bond donors (Lipinski definition) is 1. The lowest BCUT2D eigenvalue weighted by Crippen LogP contribution is -2.14. The lowest BCUT2D eigenvalue weighted by molar-refractivity contribution is -0.112. The molecule has 0 radical (unpaired) electrons. The Hall–Kier alpha value is -4.62. The van der Waals surface area contributed by atoms with Crippen molar-refractivity contribution in [3.05, 3.63) is 119 Å². The minimum atomic E-state index is -0.410. The van der Waals surface area contributed by atoms with E-state index in [1.165, 1.54) is 16.3 Å². The number of nitriles is 1. The largest absolute Gasteiger partial charge is 0.342 e. The van der Waals surface area contributed by atoms with E-state index in [0.29, 0.717) is 6.54 Å². The van der Waals surface area contributed by atoms with E-state index in [-0.39, 0.29) is 5.57 Å². The molecule has 0 aliphatic heterocycles. The summed E-state index contributed by atoms with van der Waals surface area (Å²) in [6, 6.07) is 30.8. The van der Waals surface area contributed by atoms with E-state index >= 15 is 0 Å². The van der Waals surface area contributed by atoms with Gasteiger partial charge in [-0.2, -0.15) is 5.26 Å². The first-order chi connectivity index (χ1) is 17.0. The predicted molar refractivity (Wildman–Crippen MR) is 143 cm³/mol. The van der Waals surface area contributed by atoms with Gasteiger partial charge >= 0.3 is 0 Å². The van der Waals surface area contributed by atoms with E-state index in [1.807, 2.05) is 68.6 Å². The van der Waals surface area contributed by atoms with Crippen molar-refractivity contribution in [1.29, 1.82) is 5.26 Å². The molecular weight excluding hydrogens is 430 g/mol. The molecule has 1 heterocycles. The number of carbonyl (C=O) groups excluding carboxylic acids is 1. The first kappa shape index (κ1) is 22.2. The highest BCUT2D eigenvalue weighted by Crippen LogP contribution is 2.26. The maximum atomic E-state index is 13.0. The van der Waals surface area contributed by atoms with Crippen molar-refractivity contribution in [2.45, 2.75) is 20.4 Å². The minimum Gasteiger partial charge on any atom is -0.342 e. The molecule has 4 heteroatoms. The van der Waals surface area contributed by atoms with Crippen LogP contribution in [0.5, 0.6) is 0 Å². The van der Waals surface area contributed by atoms with E-state index in [9.17, 15) is 10.1 Å². The summed E-state index contributed by atoms with van der Waals surface area (Å²) in [6.45, 7) is 4.60. The lowest BCUT2D eigenvalue weighted by atomic mass is 10.1. The number of aryl methyl sites for hydroxylation is 2. The molecule has 0 atom stereocenters. The van der Waals surface area contributed by atoms with Gasteiger partial charge in [-0.25, -0.2) is 0 Å². The first-order valence-corrected chi connectivity index (χ1v) is 11.6. The van der Waals surface area contributed by atoms with Gasteiger partial charge in [-0.1, -0.05) is 66.7 Å². The molecule has 0 fully saturated rings. The van der Waals surface area contributed by atoms with Gasteiger partial charge in [0.15, 0.2) is 0 Å². The molecule has 1 N–H and O–H groups in total. The number of rotatable bonds is 5. The Morgan fingerprint density at radius 3 is 2.54 bits per heavy atom. The fourth-order valence-corrected chi connectivity index (χ4v) is 4.42. The predicted octanol–water partition coefficient (Wildman–Crippen LogP) is 7.01. The summed E-state index contributed by atoms with van der Waals surface area (Å²) in [6.07, 6.45) is 3.70. The van der Waals surface area contributed by atoms with Gasteiger partial charge in [0.25, 0.3) is 5.91 Å². The van der Waals surface area contributed by atoms with Gasteiger partial charge in [0.05, 0.1) is 0 Å². The average Bonchev–Trinajstić information content (AvgIpc) is 3.21. The molecule has 0 unspecified atom stereocenters. The van der Waals surface area contributed by atoms with Crippen molar-refractivity contribution in [2.24, 2.45) is 0 Å². The van der Waals surface area contributed by atoms with Crippen LogP contribution in [0, 0.1) is 25.2 Å². The van der Waals surface area contributed by atoms with Crippen molar-refractivity contribution in [3.63, 3.8) is 0 Å². The van der Waals surface area contributed by atoms with Gasteiger partial charge in [-0.3, -0.25) is 4.79 Å². The van der Waals surface area contributed by atoms with Gasteiger partial charge in [0.2, 0.25) is 0 Å². The van der Waals surface area contributed by atoms with Crippen molar-refractivity contribution in [3.8, 4) is 6.07 Å². The molecule has 0 bridgehead atoms. The summed E-state index contributed by atoms with van der Waals surface area (Å²) in [5.41, 5.74) is 5.87. The third-order valence-corrected chi connectivity index (χ3v) is 6.29. The van der Waals surface area contributed by atoms with Crippen LogP contribution in [0.2, 0.25) is 0 Å². The van der Waals surface area contributed by atoms with Crippen LogP contribution in [0.1, 0.15) is 22.3 Å². The molecule has 1 aromatic heterocycles. The van der Waals surface area contributed by atoms with Crippen LogP contribution in [0.25, 0.3) is 27.8 Å². The molecule has 0 aliphatic rings. The quantitative estimate of drug-likeness (QED) is 0.229. The van der Waals surface area contributed by atoms with Crippen LogP contribution in [-0.2, 0) is 11.3 Å². The second kappa shape index (κ2) is 9.32. The average molecular weight is 456 g/mol. The third-order valence-electron chi connectivity index (χ3n) is 6.29. The number of nitrogens with zero attached hydrogens (tertiary/aromatic N) is 2. The topological polar surface area (TPSA) is 57.8 Å². The zero-order valence-electron chi connectivity index (χ0n) is 19.7. The molecule has 5 rings (SSSR count). The van der Waals surface area contributed by atoms with Crippen molar-refractivity contribution in [1.82, 2.24) is 4.57 Å². The Labute approximate surface area is 204 Å². The van der Waals surface area contributed by atoms with Crippen LogP contribution in [0.15, 0.2) is 96.7 Å². The number of nitrogens with one attached hydrogen (secondary N) is 1. The van der Waals surface area contributed by atoms with Gasteiger partial charge in [-0.05, 0) is 65.6 Å². The second-order valence-corrected chi connectivity index (χ2v) is 8.85. The van der Waals surface area contributed by atoms with Gasteiger partial charge in [0, 0.05) is 34.9 Å². The number of para-hydroxylation sites is 1. The van der Waals surface area contributed by atoms with Crippen molar-refractivity contribution >= 4 is 39.3 Å². The SMILES string of the molecule is Cc1ccc(C)c(NC(=O)/C(C#N)=C/c2cn(Cc3ccc4ccccc4c3)c3ccccc23)c1. The zero-order valence-corrected chi connectivity index (χ0v) is 19.7. The zero-order chi connectivity index (χ0) is 24.4. The summed E-state index contributed by atoms with van der Waals surface area (Å²) in [5.74, 6) is -0.410. The fraction of sp³-hybridized carbons (Fsp3) is 0.0968. The van der Waals surface area contributed by atoms with Crippen molar-refractivity contribution < 1.29 is 4.79 Å². The van der Waals surface area contributed by atoms with E-state index in [0.717, 1.165) is 33.3 Å². The van der Waals surface area contributed by atoms with E-state index < -0.39 is 5.91 Å². The summed E-state index contributed by atoms with van der Waals surface area (Å²) in [5, 5.41) is 16.1. The molecular formula is C31H25N3O. The molecule has 170 valence electrons. The highest BCUT2D eigenvalue weighted by atomic mass is 16.1. The maximum absolute atomic E-state index is 13.0. The molecule has 1 amide bonds. The van der Waals surface area contributed by atoms with Crippen molar-refractivity contribution in [2.75, 3.05) is 5.32 Å². The first-order valence-electron chi connectivity index (χ1n) is 11.6. The summed E-state index contributed by atoms with van der Waals surface area (Å²) >= 11 is 0. The molecule has 0 saturated carbocycles. The lowest BCUT2D eigenvalue weighted by Gasteiger charge is -2.08. The molecule has 5 aromatic rings. The molecule has 0 aliphatic carbocycles.